The van der Waals surface area contributed by atoms with E-state index in [9.17, 15) is 8.42 Å². The van der Waals surface area contributed by atoms with Crippen molar-refractivity contribution >= 4 is 26.0 Å². The van der Waals surface area contributed by atoms with Gasteiger partial charge in [-0.05, 0) is 13.3 Å². The van der Waals surface area contributed by atoms with E-state index in [1.54, 1.807) is 4.57 Å². The molecule has 0 aliphatic heterocycles. The van der Waals surface area contributed by atoms with Crippen molar-refractivity contribution in [2.45, 2.75) is 37.9 Å². The second-order valence-corrected chi connectivity index (χ2v) is 5.73. The highest BCUT2D eigenvalue weighted by Crippen LogP contribution is 2.08. The average Bonchev–Trinajstić information content (AvgIpc) is 2.75. The molecule has 0 fully saturated rings. The molecule has 1 N–H and O–H groups in total. The van der Waals surface area contributed by atoms with Crippen molar-refractivity contribution in [2.24, 2.45) is 0 Å². The van der Waals surface area contributed by atoms with Gasteiger partial charge < -0.3 is 4.57 Å². The first-order valence-corrected chi connectivity index (χ1v) is 7.74. The summed E-state index contributed by atoms with van der Waals surface area (Å²) in [5.41, 5.74) is 0. The summed E-state index contributed by atoms with van der Waals surface area (Å²) in [6.07, 6.45) is 3.78. The molecule has 92 valence electrons. The van der Waals surface area contributed by atoms with Crippen LogP contribution in [0.2, 0.25) is 0 Å². The van der Waals surface area contributed by atoms with Gasteiger partial charge in [-0.1, -0.05) is 22.9 Å². The summed E-state index contributed by atoms with van der Waals surface area (Å²) in [5, 5.41) is 0.672. The number of sulfonamides is 1. The van der Waals surface area contributed by atoms with Crippen LogP contribution in [0.3, 0.4) is 0 Å². The summed E-state index contributed by atoms with van der Waals surface area (Å²) in [4.78, 5) is 3.88. The molecule has 0 saturated heterocycles. The summed E-state index contributed by atoms with van der Waals surface area (Å²) in [6.45, 7) is 4.57. The van der Waals surface area contributed by atoms with Crippen LogP contribution in [0, 0.1) is 0 Å². The number of nitrogens with one attached hydrogen (secondary N) is 1. The molecule has 0 aromatic carbocycles. The molecule has 1 atom stereocenters. The number of imidazole rings is 1. The minimum absolute atomic E-state index is 0.0775. The van der Waals surface area contributed by atoms with Crippen LogP contribution in [-0.2, 0) is 16.6 Å². The van der Waals surface area contributed by atoms with Crippen molar-refractivity contribution in [1.29, 1.82) is 0 Å². The zero-order chi connectivity index (χ0) is 12.2. The van der Waals surface area contributed by atoms with Crippen LogP contribution in [0.25, 0.3) is 0 Å². The van der Waals surface area contributed by atoms with Crippen LogP contribution in [0.15, 0.2) is 17.6 Å². The molecule has 1 unspecified atom stereocenters. The van der Waals surface area contributed by atoms with Gasteiger partial charge in [0.25, 0.3) is 10.0 Å². The number of alkyl halides is 1. The Morgan fingerprint density at radius 3 is 2.69 bits per heavy atom. The lowest BCUT2D eigenvalue weighted by atomic mass is 10.3. The van der Waals surface area contributed by atoms with Crippen LogP contribution < -0.4 is 4.72 Å². The van der Waals surface area contributed by atoms with Crippen LogP contribution in [0.5, 0.6) is 0 Å². The third-order valence-electron chi connectivity index (χ3n) is 2.25. The molecule has 0 saturated carbocycles. The van der Waals surface area contributed by atoms with Gasteiger partial charge in [-0.3, -0.25) is 0 Å². The first kappa shape index (κ1) is 13.7. The Morgan fingerprint density at radius 2 is 2.25 bits per heavy atom. The Balaban J connectivity index is 2.85. The van der Waals surface area contributed by atoms with Crippen molar-refractivity contribution < 1.29 is 8.42 Å². The highest BCUT2D eigenvalue weighted by Gasteiger charge is 2.20. The maximum Gasteiger partial charge on any atom is 0.259 e. The molecular formula is C9H16BrN3O2S. The van der Waals surface area contributed by atoms with Crippen LogP contribution >= 0.6 is 15.9 Å². The number of halogens is 1. The van der Waals surface area contributed by atoms with Crippen molar-refractivity contribution in [1.82, 2.24) is 14.3 Å². The zero-order valence-electron chi connectivity index (χ0n) is 9.35. The van der Waals surface area contributed by atoms with Gasteiger partial charge in [0.15, 0.2) is 5.03 Å². The fraction of sp³-hybridized carbons (Fsp3) is 0.667. The predicted molar refractivity (Wildman–Crippen MR) is 66.1 cm³/mol. The molecule has 0 aliphatic rings. The van der Waals surface area contributed by atoms with E-state index < -0.39 is 10.0 Å². The molecule has 0 radical (unpaired) electrons. The van der Waals surface area contributed by atoms with Crippen molar-refractivity contribution in [2.75, 3.05) is 5.33 Å². The predicted octanol–water partition coefficient (Wildman–Crippen LogP) is 1.35. The maximum atomic E-state index is 11.9. The molecular weight excluding hydrogens is 294 g/mol. The smallest absolute Gasteiger partial charge is 0.259 e. The topological polar surface area (TPSA) is 64.0 Å². The normalized spacial score (nSPS) is 13.9. The monoisotopic (exact) mass is 309 g/mol. The van der Waals surface area contributed by atoms with Gasteiger partial charge in [-0.15, -0.1) is 0 Å². The van der Waals surface area contributed by atoms with Gasteiger partial charge in [0.05, 0.1) is 6.33 Å². The highest BCUT2D eigenvalue weighted by molar-refractivity contribution is 9.09. The number of rotatable bonds is 6. The van der Waals surface area contributed by atoms with E-state index in [2.05, 4.69) is 25.6 Å². The van der Waals surface area contributed by atoms with Gasteiger partial charge in [0.1, 0.15) is 0 Å². The average molecular weight is 310 g/mol. The molecule has 0 amide bonds. The minimum atomic E-state index is -3.48. The summed E-state index contributed by atoms with van der Waals surface area (Å²) in [6, 6.07) is -0.100. The zero-order valence-corrected chi connectivity index (χ0v) is 11.8. The maximum absolute atomic E-state index is 11.9. The lowest BCUT2D eigenvalue weighted by Gasteiger charge is -2.12. The SMILES string of the molecule is CCC(CBr)NS(=O)(=O)c1cn(CC)cn1. The Labute approximate surface area is 104 Å². The van der Waals surface area contributed by atoms with E-state index in [0.29, 0.717) is 11.9 Å². The summed E-state index contributed by atoms with van der Waals surface area (Å²) < 4.78 is 28.1. The molecule has 16 heavy (non-hydrogen) atoms. The highest BCUT2D eigenvalue weighted by atomic mass is 79.9. The minimum Gasteiger partial charge on any atom is -0.336 e. The molecule has 1 aromatic rings. The van der Waals surface area contributed by atoms with E-state index in [4.69, 9.17) is 0 Å². The fourth-order valence-corrected chi connectivity index (χ4v) is 3.26. The summed E-state index contributed by atoms with van der Waals surface area (Å²) in [7, 11) is -3.48. The van der Waals surface area contributed by atoms with Gasteiger partial charge in [0.2, 0.25) is 0 Å². The second kappa shape index (κ2) is 5.79. The van der Waals surface area contributed by atoms with Crippen molar-refractivity contribution in [3.05, 3.63) is 12.5 Å². The molecule has 1 rings (SSSR count). The van der Waals surface area contributed by atoms with Crippen LogP contribution in [-0.4, -0.2) is 29.3 Å². The lowest BCUT2D eigenvalue weighted by Crippen LogP contribution is -2.35. The third kappa shape index (κ3) is 3.29. The molecule has 0 bridgehead atoms. The number of hydrogen-bond acceptors (Lipinski definition) is 3. The number of hydrogen-bond donors (Lipinski definition) is 1. The molecule has 1 aromatic heterocycles. The van der Waals surface area contributed by atoms with Crippen molar-refractivity contribution in [3.8, 4) is 0 Å². The quantitative estimate of drug-likeness (QED) is 0.807. The Kier molecular flexibility index (Phi) is 4.94. The number of nitrogens with zero attached hydrogens (tertiary/aromatic N) is 2. The van der Waals surface area contributed by atoms with Gasteiger partial charge in [-0.25, -0.2) is 18.1 Å². The second-order valence-electron chi connectivity index (χ2n) is 3.42. The first-order valence-electron chi connectivity index (χ1n) is 5.13. The largest absolute Gasteiger partial charge is 0.336 e. The van der Waals surface area contributed by atoms with Gasteiger partial charge in [0, 0.05) is 24.1 Å². The van der Waals surface area contributed by atoms with Crippen LogP contribution in [0.4, 0.5) is 0 Å². The lowest BCUT2D eigenvalue weighted by molar-refractivity contribution is 0.556. The number of aryl methyl sites for hydroxylation is 1. The molecule has 7 heteroatoms. The molecule has 1 heterocycles. The molecule has 5 nitrogen and oxygen atoms in total. The van der Waals surface area contributed by atoms with E-state index in [1.165, 1.54) is 12.5 Å². The van der Waals surface area contributed by atoms with Gasteiger partial charge >= 0.3 is 0 Å². The van der Waals surface area contributed by atoms with E-state index in [-0.39, 0.29) is 11.1 Å². The first-order chi connectivity index (χ1) is 7.53. The Bertz CT molecular complexity index is 426. The van der Waals surface area contributed by atoms with Crippen molar-refractivity contribution in [3.63, 3.8) is 0 Å². The Hall–Kier alpha value is -0.400. The third-order valence-corrected chi connectivity index (χ3v) is 4.44. The van der Waals surface area contributed by atoms with Gasteiger partial charge in [-0.2, -0.15) is 0 Å². The van der Waals surface area contributed by atoms with E-state index in [1.807, 2.05) is 13.8 Å². The molecule has 0 spiro atoms. The standard InChI is InChI=1S/C9H16BrN3O2S/c1-3-8(5-10)12-16(14,15)9-6-13(4-2)7-11-9/h6-8,12H,3-5H2,1-2H3. The van der Waals surface area contributed by atoms with Crippen LogP contribution in [0.1, 0.15) is 20.3 Å². The summed E-state index contributed by atoms with van der Waals surface area (Å²) in [5.74, 6) is 0. The summed E-state index contributed by atoms with van der Waals surface area (Å²) >= 11 is 3.27. The van der Waals surface area contributed by atoms with E-state index in [0.717, 1.165) is 6.42 Å². The number of aromatic nitrogens is 2. The van der Waals surface area contributed by atoms with E-state index >= 15 is 0 Å². The fourth-order valence-electron chi connectivity index (χ4n) is 1.16. The Morgan fingerprint density at radius 1 is 1.56 bits per heavy atom. The molecule has 0 aliphatic carbocycles.